The van der Waals surface area contributed by atoms with Crippen LogP contribution in [0.1, 0.15) is 29.8 Å². The van der Waals surface area contributed by atoms with E-state index < -0.39 is 11.4 Å². The van der Waals surface area contributed by atoms with Crippen LogP contribution in [0.2, 0.25) is 0 Å². The zero-order valence-corrected chi connectivity index (χ0v) is 16.7. The number of fused-ring (bicyclic) bond motifs is 1. The molecule has 7 nitrogen and oxygen atoms in total. The number of amides is 1. The largest absolute Gasteiger partial charge is 0.591 e. The lowest BCUT2D eigenvalue weighted by molar-refractivity contribution is 0.135. The summed E-state index contributed by atoms with van der Waals surface area (Å²) in [5.74, 6) is 0.844. The maximum atomic E-state index is 12.8. The third-order valence-electron chi connectivity index (χ3n) is 5.40. The number of aromatic nitrogens is 2. The van der Waals surface area contributed by atoms with Crippen LogP contribution in [0.3, 0.4) is 0 Å². The summed E-state index contributed by atoms with van der Waals surface area (Å²) in [6.07, 6.45) is 3.04. The van der Waals surface area contributed by atoms with Crippen molar-refractivity contribution in [3.63, 3.8) is 0 Å². The molecule has 0 N–H and O–H groups in total. The van der Waals surface area contributed by atoms with E-state index in [0.29, 0.717) is 24.7 Å². The molecule has 0 saturated carbocycles. The van der Waals surface area contributed by atoms with Gasteiger partial charge in [0.1, 0.15) is 23.8 Å². The van der Waals surface area contributed by atoms with Gasteiger partial charge in [-0.3, -0.25) is 4.90 Å². The molecular weight excluding hydrogens is 364 g/mol. The SMILES string of the molecule is Cc1cccc2c1N(C1CCN([S+]([O-])c3cn(C)c(C)n3)CC1)C(=O)OC2. The van der Waals surface area contributed by atoms with Gasteiger partial charge in [-0.2, -0.15) is 4.98 Å². The Morgan fingerprint density at radius 3 is 2.67 bits per heavy atom. The van der Waals surface area contributed by atoms with Gasteiger partial charge < -0.3 is 13.9 Å². The Morgan fingerprint density at radius 1 is 1.26 bits per heavy atom. The normalized spacial score (nSPS) is 19.7. The summed E-state index contributed by atoms with van der Waals surface area (Å²) in [7, 11) is 1.90. The van der Waals surface area contributed by atoms with E-state index in [1.165, 1.54) is 0 Å². The third-order valence-corrected chi connectivity index (χ3v) is 6.79. The molecule has 8 heteroatoms. The predicted octanol–water partition coefficient (Wildman–Crippen LogP) is 2.68. The van der Waals surface area contributed by atoms with Crippen molar-refractivity contribution in [2.75, 3.05) is 18.0 Å². The zero-order chi connectivity index (χ0) is 19.1. The summed E-state index contributed by atoms with van der Waals surface area (Å²) in [5.41, 5.74) is 3.11. The topological polar surface area (TPSA) is 73.7 Å². The molecule has 2 aliphatic rings. The molecule has 4 rings (SSSR count). The van der Waals surface area contributed by atoms with Gasteiger partial charge in [0.05, 0.1) is 11.9 Å². The van der Waals surface area contributed by atoms with Crippen LogP contribution in [0.25, 0.3) is 0 Å². The summed E-state index contributed by atoms with van der Waals surface area (Å²) in [5, 5.41) is 0.590. The Hall–Kier alpha value is -2.03. The second-order valence-corrected chi connectivity index (χ2v) is 8.59. The van der Waals surface area contributed by atoms with Gasteiger partial charge >= 0.3 is 6.09 Å². The lowest BCUT2D eigenvalue weighted by Gasteiger charge is -2.40. The molecule has 2 aromatic rings. The van der Waals surface area contributed by atoms with Crippen LogP contribution in [0.15, 0.2) is 29.4 Å². The van der Waals surface area contributed by atoms with Crippen LogP contribution in [-0.2, 0) is 29.8 Å². The number of carbonyl (C=O) groups excluding carboxylic acids is 1. The van der Waals surface area contributed by atoms with E-state index in [0.717, 1.165) is 35.5 Å². The lowest BCUT2D eigenvalue weighted by atomic mass is 10.00. The average Bonchev–Trinajstić information content (AvgIpc) is 3.01. The molecule has 2 aliphatic heterocycles. The van der Waals surface area contributed by atoms with Crippen LogP contribution in [0.4, 0.5) is 10.5 Å². The third kappa shape index (κ3) is 3.33. The van der Waals surface area contributed by atoms with Crippen LogP contribution in [-0.4, -0.2) is 43.6 Å². The van der Waals surface area contributed by atoms with Crippen molar-refractivity contribution >= 4 is 23.1 Å². The van der Waals surface area contributed by atoms with Crippen molar-refractivity contribution in [2.45, 2.75) is 44.4 Å². The van der Waals surface area contributed by atoms with Crippen molar-refractivity contribution < 1.29 is 14.1 Å². The van der Waals surface area contributed by atoms with Gasteiger partial charge in [0.15, 0.2) is 0 Å². The number of cyclic esters (lactones) is 1. The molecule has 1 unspecified atom stereocenters. The number of carbonyl (C=O) groups is 1. The zero-order valence-electron chi connectivity index (χ0n) is 15.8. The average molecular weight is 388 g/mol. The van der Waals surface area contributed by atoms with Gasteiger partial charge in [0, 0.05) is 31.7 Å². The fourth-order valence-corrected chi connectivity index (χ4v) is 5.09. The maximum Gasteiger partial charge on any atom is 0.414 e. The fourth-order valence-electron chi connectivity index (χ4n) is 3.82. The van der Waals surface area contributed by atoms with E-state index in [2.05, 4.69) is 4.98 Å². The molecule has 1 atom stereocenters. The molecule has 1 amide bonds. The first-order valence-electron chi connectivity index (χ1n) is 9.17. The van der Waals surface area contributed by atoms with Crippen molar-refractivity contribution in [2.24, 2.45) is 7.05 Å². The van der Waals surface area contributed by atoms with Crippen LogP contribution >= 0.6 is 0 Å². The van der Waals surface area contributed by atoms with E-state index in [1.807, 2.05) is 54.2 Å². The highest BCUT2D eigenvalue weighted by atomic mass is 32.2. The van der Waals surface area contributed by atoms with Gasteiger partial charge in [-0.1, -0.05) is 18.2 Å². The van der Waals surface area contributed by atoms with Gasteiger partial charge in [-0.25, -0.2) is 4.79 Å². The Bertz CT molecular complexity index is 841. The van der Waals surface area contributed by atoms with Crippen molar-refractivity contribution in [3.8, 4) is 0 Å². The molecule has 1 fully saturated rings. The molecular formula is C19H24N4O3S. The van der Waals surface area contributed by atoms with Gasteiger partial charge in [-0.05, 0) is 32.3 Å². The molecule has 0 aliphatic carbocycles. The number of ether oxygens (including phenoxy) is 1. The minimum absolute atomic E-state index is 0.0522. The lowest BCUT2D eigenvalue weighted by Crippen LogP contribution is -2.50. The number of nitrogens with zero attached hydrogens (tertiary/aromatic N) is 4. The summed E-state index contributed by atoms with van der Waals surface area (Å²) in [6, 6.07) is 6.08. The minimum Gasteiger partial charge on any atom is -0.591 e. The van der Waals surface area contributed by atoms with E-state index in [9.17, 15) is 9.35 Å². The van der Waals surface area contributed by atoms with Crippen LogP contribution in [0.5, 0.6) is 0 Å². The van der Waals surface area contributed by atoms with Gasteiger partial charge in [0.2, 0.25) is 0 Å². The molecule has 0 bridgehead atoms. The smallest absolute Gasteiger partial charge is 0.414 e. The number of hydrogen-bond acceptors (Lipinski definition) is 5. The number of aryl methyl sites for hydroxylation is 3. The first-order chi connectivity index (χ1) is 13.0. The van der Waals surface area contributed by atoms with Crippen LogP contribution in [0, 0.1) is 13.8 Å². The predicted molar refractivity (Wildman–Crippen MR) is 103 cm³/mol. The highest BCUT2D eigenvalue weighted by molar-refractivity contribution is 7.89. The quantitative estimate of drug-likeness (QED) is 0.756. The fraction of sp³-hybridized carbons (Fsp3) is 0.474. The Morgan fingerprint density at radius 2 is 2.00 bits per heavy atom. The standard InChI is InChI=1S/C19H24N4O3S/c1-13-5-4-6-15-12-26-19(24)23(18(13)15)16-7-9-22(10-8-16)27(25)17-11-21(3)14(2)20-17/h4-6,11,16H,7-10,12H2,1-3H3. The molecule has 27 heavy (non-hydrogen) atoms. The van der Waals surface area contributed by atoms with E-state index in [4.69, 9.17) is 4.74 Å². The summed E-state index contributed by atoms with van der Waals surface area (Å²) < 4.78 is 22.0. The first kappa shape index (κ1) is 18.3. The molecule has 3 heterocycles. The highest BCUT2D eigenvalue weighted by Gasteiger charge is 2.38. The summed E-state index contributed by atoms with van der Waals surface area (Å²) >= 11 is -1.27. The number of para-hydroxylation sites is 1. The number of anilines is 1. The summed E-state index contributed by atoms with van der Waals surface area (Å²) in [4.78, 5) is 18.7. The monoisotopic (exact) mass is 388 g/mol. The molecule has 1 aromatic carbocycles. The number of benzene rings is 1. The number of imidazole rings is 1. The molecule has 0 spiro atoms. The number of hydrogen-bond donors (Lipinski definition) is 0. The van der Waals surface area contributed by atoms with E-state index in [-0.39, 0.29) is 12.1 Å². The Labute approximate surface area is 162 Å². The second-order valence-electron chi connectivity index (χ2n) is 7.15. The highest BCUT2D eigenvalue weighted by Crippen LogP contribution is 2.35. The Kier molecular flexibility index (Phi) is 4.88. The molecule has 1 saturated heterocycles. The van der Waals surface area contributed by atoms with Crippen molar-refractivity contribution in [3.05, 3.63) is 41.3 Å². The van der Waals surface area contributed by atoms with Crippen molar-refractivity contribution in [1.82, 2.24) is 13.9 Å². The van der Waals surface area contributed by atoms with E-state index in [1.54, 1.807) is 4.90 Å². The van der Waals surface area contributed by atoms with Crippen LogP contribution < -0.4 is 4.90 Å². The Balaban J connectivity index is 1.49. The maximum absolute atomic E-state index is 12.8. The molecule has 1 aromatic heterocycles. The van der Waals surface area contributed by atoms with Crippen molar-refractivity contribution in [1.29, 1.82) is 0 Å². The molecule has 0 radical (unpaired) electrons. The number of rotatable bonds is 3. The van der Waals surface area contributed by atoms with Gasteiger partial charge in [0.25, 0.3) is 5.03 Å². The summed E-state index contributed by atoms with van der Waals surface area (Å²) in [6.45, 7) is 5.55. The second kappa shape index (κ2) is 7.18. The van der Waals surface area contributed by atoms with E-state index >= 15 is 0 Å². The number of piperidine rings is 1. The minimum atomic E-state index is -1.27. The van der Waals surface area contributed by atoms with Gasteiger partial charge in [-0.15, -0.1) is 4.31 Å². The first-order valence-corrected chi connectivity index (χ1v) is 10.3. The molecule has 144 valence electrons.